The third-order valence-corrected chi connectivity index (χ3v) is 1.36. The first-order chi connectivity index (χ1) is 4.24. The molecule has 0 unspecified atom stereocenters. The van der Waals surface area contributed by atoms with E-state index in [2.05, 4.69) is 5.10 Å². The highest BCUT2D eigenvalue weighted by Crippen LogP contribution is 2.14. The first kappa shape index (κ1) is 6.42. The SMILES string of the molecule is CCn1cc(Cl)c(N)n1. The molecule has 0 aliphatic heterocycles. The van der Waals surface area contributed by atoms with Crippen molar-refractivity contribution in [2.45, 2.75) is 13.5 Å². The molecule has 9 heavy (non-hydrogen) atoms. The second-order valence-electron chi connectivity index (χ2n) is 1.72. The third-order valence-electron chi connectivity index (χ3n) is 1.07. The zero-order valence-corrected chi connectivity index (χ0v) is 5.89. The molecule has 0 aliphatic carbocycles. The molecule has 1 aromatic heterocycles. The van der Waals surface area contributed by atoms with Gasteiger partial charge in [-0.2, -0.15) is 5.10 Å². The van der Waals surface area contributed by atoms with Crippen LogP contribution in [0.1, 0.15) is 6.92 Å². The topological polar surface area (TPSA) is 43.8 Å². The first-order valence-electron chi connectivity index (χ1n) is 2.72. The van der Waals surface area contributed by atoms with E-state index in [1.165, 1.54) is 0 Å². The van der Waals surface area contributed by atoms with Crippen molar-refractivity contribution in [1.29, 1.82) is 0 Å². The van der Waals surface area contributed by atoms with E-state index in [4.69, 9.17) is 17.3 Å². The van der Waals surface area contributed by atoms with Gasteiger partial charge in [0.05, 0.1) is 0 Å². The number of rotatable bonds is 1. The highest BCUT2D eigenvalue weighted by atomic mass is 35.5. The van der Waals surface area contributed by atoms with Gasteiger partial charge in [-0.25, -0.2) is 0 Å². The molecule has 50 valence electrons. The third kappa shape index (κ3) is 1.16. The quantitative estimate of drug-likeness (QED) is 0.644. The fourth-order valence-electron chi connectivity index (χ4n) is 0.574. The van der Waals surface area contributed by atoms with E-state index in [1.54, 1.807) is 10.9 Å². The summed E-state index contributed by atoms with van der Waals surface area (Å²) in [5, 5.41) is 4.42. The summed E-state index contributed by atoms with van der Waals surface area (Å²) in [6, 6.07) is 0. The normalized spacial score (nSPS) is 10.0. The predicted octanol–water partition coefficient (Wildman–Crippen LogP) is 1.14. The largest absolute Gasteiger partial charge is 0.381 e. The lowest BCUT2D eigenvalue weighted by molar-refractivity contribution is 0.663. The molecule has 0 atom stereocenters. The summed E-state index contributed by atoms with van der Waals surface area (Å²) in [5.41, 5.74) is 5.35. The highest BCUT2D eigenvalue weighted by Gasteiger charge is 1.98. The molecule has 0 radical (unpaired) electrons. The number of halogens is 1. The summed E-state index contributed by atoms with van der Waals surface area (Å²) in [6.45, 7) is 2.78. The Morgan fingerprint density at radius 3 is 2.78 bits per heavy atom. The fourth-order valence-corrected chi connectivity index (χ4v) is 0.724. The van der Waals surface area contributed by atoms with Gasteiger partial charge >= 0.3 is 0 Å². The Balaban J connectivity index is 2.98. The van der Waals surface area contributed by atoms with Gasteiger partial charge in [-0.05, 0) is 6.92 Å². The van der Waals surface area contributed by atoms with Gasteiger partial charge in [-0.3, -0.25) is 4.68 Å². The number of aryl methyl sites for hydroxylation is 1. The molecule has 1 heterocycles. The van der Waals surface area contributed by atoms with Crippen molar-refractivity contribution < 1.29 is 0 Å². The van der Waals surface area contributed by atoms with E-state index in [1.807, 2.05) is 6.92 Å². The molecule has 0 aliphatic rings. The Hall–Kier alpha value is -0.700. The van der Waals surface area contributed by atoms with Crippen LogP contribution in [0.3, 0.4) is 0 Å². The Kier molecular flexibility index (Phi) is 1.62. The average molecular weight is 146 g/mol. The monoisotopic (exact) mass is 145 g/mol. The average Bonchev–Trinajstić information content (AvgIpc) is 2.13. The molecule has 0 fully saturated rings. The lowest BCUT2D eigenvalue weighted by Crippen LogP contribution is -1.95. The number of aromatic nitrogens is 2. The molecule has 1 rings (SSSR count). The van der Waals surface area contributed by atoms with Crippen molar-refractivity contribution in [3.63, 3.8) is 0 Å². The maximum absolute atomic E-state index is 5.60. The summed E-state index contributed by atoms with van der Waals surface area (Å²) in [4.78, 5) is 0. The molecule has 2 N–H and O–H groups in total. The van der Waals surface area contributed by atoms with Crippen molar-refractivity contribution >= 4 is 17.4 Å². The predicted molar refractivity (Wildman–Crippen MR) is 37.3 cm³/mol. The first-order valence-corrected chi connectivity index (χ1v) is 3.10. The second-order valence-corrected chi connectivity index (χ2v) is 2.13. The zero-order chi connectivity index (χ0) is 6.85. The maximum Gasteiger partial charge on any atom is 0.164 e. The molecule has 0 spiro atoms. The van der Waals surface area contributed by atoms with Crippen LogP contribution in [0.15, 0.2) is 6.20 Å². The molecule has 0 aromatic carbocycles. The van der Waals surface area contributed by atoms with Crippen LogP contribution < -0.4 is 5.73 Å². The second kappa shape index (κ2) is 2.27. The lowest BCUT2D eigenvalue weighted by Gasteiger charge is -1.88. The summed E-state index contributed by atoms with van der Waals surface area (Å²) in [7, 11) is 0. The van der Waals surface area contributed by atoms with Crippen molar-refractivity contribution in [3.05, 3.63) is 11.2 Å². The molecule has 0 amide bonds. The Morgan fingerprint density at radius 2 is 2.56 bits per heavy atom. The van der Waals surface area contributed by atoms with Gasteiger partial charge in [0.2, 0.25) is 0 Å². The minimum atomic E-state index is 0.401. The van der Waals surface area contributed by atoms with E-state index < -0.39 is 0 Å². The Labute approximate surface area is 58.4 Å². The van der Waals surface area contributed by atoms with Crippen LogP contribution in [0.25, 0.3) is 0 Å². The zero-order valence-electron chi connectivity index (χ0n) is 5.13. The summed E-state index contributed by atoms with van der Waals surface area (Å²) < 4.78 is 1.69. The van der Waals surface area contributed by atoms with Gasteiger partial charge < -0.3 is 5.73 Å². The van der Waals surface area contributed by atoms with Crippen LogP contribution in [-0.4, -0.2) is 9.78 Å². The number of hydrogen-bond acceptors (Lipinski definition) is 2. The maximum atomic E-state index is 5.60. The van der Waals surface area contributed by atoms with Gasteiger partial charge in [0.25, 0.3) is 0 Å². The standard InChI is InChI=1S/C5H8ClN3/c1-2-9-3-4(6)5(7)8-9/h3H,2H2,1H3,(H2,7,8). The van der Waals surface area contributed by atoms with Gasteiger partial charge in [-0.1, -0.05) is 11.6 Å². The van der Waals surface area contributed by atoms with Crippen molar-refractivity contribution in [3.8, 4) is 0 Å². The molecule has 0 saturated heterocycles. The van der Waals surface area contributed by atoms with Crippen LogP contribution in [0.5, 0.6) is 0 Å². The Morgan fingerprint density at radius 1 is 1.89 bits per heavy atom. The van der Waals surface area contributed by atoms with E-state index in [9.17, 15) is 0 Å². The number of nitrogens with zero attached hydrogens (tertiary/aromatic N) is 2. The molecular weight excluding hydrogens is 138 g/mol. The van der Waals surface area contributed by atoms with Crippen molar-refractivity contribution in [2.75, 3.05) is 5.73 Å². The highest BCUT2D eigenvalue weighted by molar-refractivity contribution is 6.32. The summed E-state index contributed by atoms with van der Waals surface area (Å²) >= 11 is 5.60. The van der Waals surface area contributed by atoms with Gasteiger partial charge in [0.15, 0.2) is 5.82 Å². The van der Waals surface area contributed by atoms with Crippen molar-refractivity contribution in [2.24, 2.45) is 0 Å². The molecule has 4 heteroatoms. The van der Waals surface area contributed by atoms with E-state index in [-0.39, 0.29) is 0 Å². The van der Waals surface area contributed by atoms with Crippen LogP contribution in [0.4, 0.5) is 5.82 Å². The lowest BCUT2D eigenvalue weighted by atomic mass is 10.6. The molecule has 0 bridgehead atoms. The van der Waals surface area contributed by atoms with Crippen LogP contribution in [-0.2, 0) is 6.54 Å². The van der Waals surface area contributed by atoms with E-state index in [0.717, 1.165) is 6.54 Å². The van der Waals surface area contributed by atoms with Crippen LogP contribution in [0.2, 0.25) is 5.02 Å². The van der Waals surface area contributed by atoms with E-state index >= 15 is 0 Å². The van der Waals surface area contributed by atoms with Crippen LogP contribution >= 0.6 is 11.6 Å². The number of nitrogens with two attached hydrogens (primary N) is 1. The molecule has 3 nitrogen and oxygen atoms in total. The van der Waals surface area contributed by atoms with Crippen molar-refractivity contribution in [1.82, 2.24) is 9.78 Å². The number of nitrogen functional groups attached to an aromatic ring is 1. The molecular formula is C5H8ClN3. The van der Waals surface area contributed by atoms with Gasteiger partial charge in [0.1, 0.15) is 5.02 Å². The van der Waals surface area contributed by atoms with Gasteiger partial charge in [0, 0.05) is 12.7 Å². The van der Waals surface area contributed by atoms with E-state index in [0.29, 0.717) is 10.8 Å². The minimum Gasteiger partial charge on any atom is -0.381 e. The number of hydrogen-bond donors (Lipinski definition) is 1. The smallest absolute Gasteiger partial charge is 0.164 e. The van der Waals surface area contributed by atoms with Gasteiger partial charge in [-0.15, -0.1) is 0 Å². The summed E-state index contributed by atoms with van der Waals surface area (Å²) in [6.07, 6.45) is 1.71. The van der Waals surface area contributed by atoms with Crippen LogP contribution in [0, 0.1) is 0 Å². The molecule has 0 saturated carbocycles. The Bertz CT molecular complexity index is 186. The number of anilines is 1. The molecule has 1 aromatic rings. The minimum absolute atomic E-state index is 0.401. The fraction of sp³-hybridized carbons (Fsp3) is 0.400. The summed E-state index contributed by atoms with van der Waals surface area (Å²) in [5.74, 6) is 0.401.